The Morgan fingerprint density at radius 2 is 2.00 bits per heavy atom. The minimum atomic E-state index is 0.389. The second-order valence-electron chi connectivity index (χ2n) is 7.37. The lowest BCUT2D eigenvalue weighted by Crippen LogP contribution is -2.22. The van der Waals surface area contributed by atoms with Crippen LogP contribution in [0.15, 0.2) is 24.4 Å². The minimum Gasteiger partial charge on any atom is -0.495 e. The van der Waals surface area contributed by atoms with Gasteiger partial charge in [-0.2, -0.15) is 5.10 Å². The highest BCUT2D eigenvalue weighted by Gasteiger charge is 2.30. The van der Waals surface area contributed by atoms with Gasteiger partial charge in [0.1, 0.15) is 34.4 Å². The predicted molar refractivity (Wildman–Crippen MR) is 106 cm³/mol. The van der Waals surface area contributed by atoms with Gasteiger partial charge in [0.15, 0.2) is 5.65 Å². The number of rotatable bonds is 6. The molecule has 2 aliphatic rings. The third-order valence-electron chi connectivity index (χ3n) is 5.40. The first-order valence-corrected chi connectivity index (χ1v) is 9.72. The number of aromatic nitrogens is 4. The van der Waals surface area contributed by atoms with E-state index in [-0.39, 0.29) is 0 Å². The molecule has 3 aromatic rings. The smallest absolute Gasteiger partial charge is 0.157 e. The average molecular weight is 380 g/mol. The lowest BCUT2D eigenvalue weighted by Gasteiger charge is -2.15. The molecule has 3 aromatic heterocycles. The average Bonchev–Trinajstić information content (AvgIpc) is 3.29. The van der Waals surface area contributed by atoms with Crippen LogP contribution in [0.1, 0.15) is 30.9 Å². The molecule has 1 saturated carbocycles. The summed E-state index contributed by atoms with van der Waals surface area (Å²) in [4.78, 5) is 9.36. The highest BCUT2D eigenvalue weighted by atomic mass is 16.5. The van der Waals surface area contributed by atoms with E-state index in [1.165, 1.54) is 0 Å². The Balaban J connectivity index is 1.59. The van der Waals surface area contributed by atoms with E-state index in [2.05, 4.69) is 15.6 Å². The number of hydrogen-bond donors (Lipinski definition) is 2. The largest absolute Gasteiger partial charge is 0.495 e. The molecule has 2 fully saturated rings. The van der Waals surface area contributed by atoms with Gasteiger partial charge < -0.3 is 20.1 Å². The molecule has 1 aliphatic heterocycles. The molecular weight excluding hydrogens is 356 g/mol. The summed E-state index contributed by atoms with van der Waals surface area (Å²) in [5.74, 6) is 2.79. The molecule has 1 saturated heterocycles. The summed E-state index contributed by atoms with van der Waals surface area (Å²) in [6.45, 7) is 1.98. The van der Waals surface area contributed by atoms with Crippen LogP contribution < -0.4 is 20.1 Å². The van der Waals surface area contributed by atoms with Crippen LogP contribution in [0.5, 0.6) is 11.5 Å². The van der Waals surface area contributed by atoms with Crippen LogP contribution in [-0.4, -0.2) is 52.9 Å². The fourth-order valence-electron chi connectivity index (χ4n) is 3.74. The number of pyridine rings is 1. The van der Waals surface area contributed by atoms with Gasteiger partial charge in [0.25, 0.3) is 0 Å². The lowest BCUT2D eigenvalue weighted by molar-refractivity contribution is 0.405. The third-order valence-corrected chi connectivity index (χ3v) is 5.40. The van der Waals surface area contributed by atoms with E-state index in [0.717, 1.165) is 66.6 Å². The Labute approximate surface area is 163 Å². The normalized spacial score (nSPS) is 19.1. The molecule has 8 nitrogen and oxygen atoms in total. The first-order valence-electron chi connectivity index (χ1n) is 9.72. The Hall–Kier alpha value is -2.87. The van der Waals surface area contributed by atoms with Gasteiger partial charge >= 0.3 is 0 Å². The summed E-state index contributed by atoms with van der Waals surface area (Å²) in [6, 6.07) is 6.23. The first kappa shape index (κ1) is 17.2. The summed E-state index contributed by atoms with van der Waals surface area (Å²) in [5, 5.41) is 11.7. The first-order chi connectivity index (χ1) is 13.8. The minimum absolute atomic E-state index is 0.389. The molecule has 0 radical (unpaired) electrons. The van der Waals surface area contributed by atoms with Gasteiger partial charge in [-0.15, -0.1) is 0 Å². The van der Waals surface area contributed by atoms with E-state index < -0.39 is 0 Å². The van der Waals surface area contributed by atoms with Crippen molar-refractivity contribution in [2.45, 2.75) is 31.2 Å². The number of hydrogen-bond acceptors (Lipinski definition) is 7. The van der Waals surface area contributed by atoms with Crippen molar-refractivity contribution in [2.24, 2.45) is 0 Å². The molecule has 0 bridgehead atoms. The van der Waals surface area contributed by atoms with E-state index in [1.54, 1.807) is 20.4 Å². The monoisotopic (exact) mass is 380 g/mol. The predicted octanol–water partition coefficient (Wildman–Crippen LogP) is 2.46. The summed E-state index contributed by atoms with van der Waals surface area (Å²) in [7, 11) is 3.34. The number of nitrogens with one attached hydrogen (secondary N) is 2. The van der Waals surface area contributed by atoms with E-state index in [4.69, 9.17) is 19.6 Å². The van der Waals surface area contributed by atoms with Crippen molar-refractivity contribution in [1.29, 1.82) is 0 Å². The van der Waals surface area contributed by atoms with Crippen LogP contribution in [0, 0.1) is 0 Å². The van der Waals surface area contributed by atoms with Crippen molar-refractivity contribution < 1.29 is 9.47 Å². The second kappa shape index (κ2) is 6.94. The third kappa shape index (κ3) is 3.03. The number of methoxy groups -OCH3 is 2. The van der Waals surface area contributed by atoms with Crippen molar-refractivity contribution in [2.75, 3.05) is 32.6 Å². The fourth-order valence-corrected chi connectivity index (χ4v) is 3.74. The van der Waals surface area contributed by atoms with Gasteiger partial charge in [-0.25, -0.2) is 14.5 Å². The topological polar surface area (TPSA) is 85.6 Å². The van der Waals surface area contributed by atoms with Crippen LogP contribution in [-0.2, 0) is 0 Å². The van der Waals surface area contributed by atoms with Crippen molar-refractivity contribution in [3.63, 3.8) is 0 Å². The van der Waals surface area contributed by atoms with Crippen molar-refractivity contribution >= 4 is 11.5 Å². The maximum atomic E-state index is 5.58. The molecule has 146 valence electrons. The number of ether oxygens (including phenoxy) is 2. The quantitative estimate of drug-likeness (QED) is 0.679. The Kier molecular flexibility index (Phi) is 4.27. The highest BCUT2D eigenvalue weighted by molar-refractivity contribution is 5.68. The SMILES string of the molecule is COc1ccc(NC2CCNC2)nc1-c1cnc2cc(OC)c(C3CC3)nn12. The van der Waals surface area contributed by atoms with Gasteiger partial charge in [-0.05, 0) is 37.9 Å². The zero-order valence-electron chi connectivity index (χ0n) is 16.1. The maximum Gasteiger partial charge on any atom is 0.157 e. The van der Waals surface area contributed by atoms with Gasteiger partial charge in [0, 0.05) is 24.6 Å². The molecule has 1 aliphatic carbocycles. The second-order valence-corrected chi connectivity index (χ2v) is 7.37. The Morgan fingerprint density at radius 3 is 2.71 bits per heavy atom. The molecule has 1 atom stereocenters. The van der Waals surface area contributed by atoms with Crippen LogP contribution in [0.4, 0.5) is 5.82 Å². The van der Waals surface area contributed by atoms with Crippen molar-refractivity contribution in [3.8, 4) is 22.9 Å². The number of anilines is 1. The number of imidazole rings is 1. The molecule has 0 spiro atoms. The molecule has 8 heteroatoms. The van der Waals surface area contributed by atoms with Crippen LogP contribution in [0.3, 0.4) is 0 Å². The zero-order chi connectivity index (χ0) is 19.1. The number of nitrogens with zero attached hydrogens (tertiary/aromatic N) is 4. The van der Waals surface area contributed by atoms with Gasteiger partial charge in [0.05, 0.1) is 20.4 Å². The van der Waals surface area contributed by atoms with E-state index in [9.17, 15) is 0 Å². The molecule has 5 rings (SSSR count). The maximum absolute atomic E-state index is 5.58. The van der Waals surface area contributed by atoms with E-state index in [1.807, 2.05) is 22.7 Å². The lowest BCUT2D eigenvalue weighted by atomic mass is 10.2. The molecule has 28 heavy (non-hydrogen) atoms. The van der Waals surface area contributed by atoms with Gasteiger partial charge in [0.2, 0.25) is 0 Å². The Morgan fingerprint density at radius 1 is 1.14 bits per heavy atom. The summed E-state index contributed by atoms with van der Waals surface area (Å²) in [6.07, 6.45) is 5.18. The molecular formula is C20H24N6O2. The van der Waals surface area contributed by atoms with Crippen molar-refractivity contribution in [3.05, 3.63) is 30.1 Å². The highest BCUT2D eigenvalue weighted by Crippen LogP contribution is 2.43. The summed E-state index contributed by atoms with van der Waals surface area (Å²) < 4.78 is 13.0. The molecule has 0 amide bonds. The van der Waals surface area contributed by atoms with Gasteiger partial charge in [-0.1, -0.05) is 0 Å². The fraction of sp³-hybridized carbons (Fsp3) is 0.450. The van der Waals surface area contributed by atoms with Gasteiger partial charge in [-0.3, -0.25) is 0 Å². The standard InChI is InChI=1S/C20H24N6O2/c1-27-15-5-6-17(23-13-7-8-21-10-13)24-20(15)14-11-22-18-9-16(28-2)19(12-3-4-12)25-26(14)18/h5-6,9,11-13,21H,3-4,7-8,10H2,1-2H3,(H,23,24). The summed E-state index contributed by atoms with van der Waals surface area (Å²) in [5.41, 5.74) is 3.26. The van der Waals surface area contributed by atoms with Crippen molar-refractivity contribution in [1.82, 2.24) is 24.9 Å². The molecule has 2 N–H and O–H groups in total. The van der Waals surface area contributed by atoms with E-state index >= 15 is 0 Å². The zero-order valence-corrected chi connectivity index (χ0v) is 16.1. The number of fused-ring (bicyclic) bond motifs is 1. The van der Waals surface area contributed by atoms with Crippen LogP contribution >= 0.6 is 0 Å². The van der Waals surface area contributed by atoms with Crippen LogP contribution in [0.25, 0.3) is 17.0 Å². The molecule has 0 aromatic carbocycles. The summed E-state index contributed by atoms with van der Waals surface area (Å²) >= 11 is 0. The van der Waals surface area contributed by atoms with E-state index in [0.29, 0.717) is 17.7 Å². The Bertz CT molecular complexity index is 1010. The molecule has 4 heterocycles. The van der Waals surface area contributed by atoms with Crippen LogP contribution in [0.2, 0.25) is 0 Å². The molecule has 1 unspecified atom stereocenters.